The molecule has 0 aliphatic carbocycles. The Morgan fingerprint density at radius 2 is 1.94 bits per heavy atom. The van der Waals surface area contributed by atoms with Gasteiger partial charge >= 0.3 is 0 Å². The molecule has 1 aliphatic rings. The number of halogens is 2. The highest BCUT2D eigenvalue weighted by molar-refractivity contribution is 6.00. The summed E-state index contributed by atoms with van der Waals surface area (Å²) in [5.74, 6) is -3.55. The molecule has 1 saturated heterocycles. The van der Waals surface area contributed by atoms with E-state index in [0.29, 0.717) is 5.69 Å². The van der Waals surface area contributed by atoms with Crippen LogP contribution in [0, 0.1) is 28.9 Å². The van der Waals surface area contributed by atoms with Crippen molar-refractivity contribution in [3.05, 3.63) is 65.9 Å². The van der Waals surface area contributed by atoms with E-state index in [0.717, 1.165) is 17.0 Å². The van der Waals surface area contributed by atoms with E-state index >= 15 is 0 Å². The maximum atomic E-state index is 14.0. The molecular formula is C24H21F2N5O3. The van der Waals surface area contributed by atoms with E-state index in [9.17, 15) is 28.4 Å². The summed E-state index contributed by atoms with van der Waals surface area (Å²) >= 11 is 0. The quantitative estimate of drug-likeness (QED) is 0.604. The average molecular weight is 465 g/mol. The predicted octanol–water partition coefficient (Wildman–Crippen LogP) is 2.90. The number of anilines is 1. The fourth-order valence-corrected chi connectivity index (χ4v) is 4.04. The number of amides is 3. The minimum atomic E-state index is -0.808. The van der Waals surface area contributed by atoms with Crippen LogP contribution in [-0.4, -0.2) is 58.7 Å². The molecule has 2 unspecified atom stereocenters. The number of nitrogens with one attached hydrogen (secondary N) is 2. The summed E-state index contributed by atoms with van der Waals surface area (Å²) in [6.45, 7) is -0.301. The van der Waals surface area contributed by atoms with Crippen LogP contribution in [0.3, 0.4) is 0 Å². The van der Waals surface area contributed by atoms with Gasteiger partial charge in [-0.25, -0.2) is 8.78 Å². The Morgan fingerprint density at radius 3 is 2.65 bits per heavy atom. The van der Waals surface area contributed by atoms with Gasteiger partial charge < -0.3 is 20.1 Å². The molecular weight excluding hydrogens is 444 g/mol. The first-order valence-electron chi connectivity index (χ1n) is 10.5. The number of para-hydroxylation sites is 1. The van der Waals surface area contributed by atoms with Crippen molar-refractivity contribution in [3.63, 3.8) is 0 Å². The van der Waals surface area contributed by atoms with E-state index in [-0.39, 0.29) is 42.0 Å². The standard InChI is InChI=1S/C24H21F2N5O3/c1-30(24(34)21-10-18-19(26)8-15(25)9-20(18)29-21)13-22(32)31-12-14(7-17(31)11-27)23(33)28-16-5-3-2-4-6-16/h2-6,8-10,14,17,29H,7,12-13H2,1H3,(H,28,33). The number of fused-ring (bicyclic) bond motifs is 1. The topological polar surface area (TPSA) is 109 Å². The smallest absolute Gasteiger partial charge is 0.270 e. The summed E-state index contributed by atoms with van der Waals surface area (Å²) in [4.78, 5) is 43.3. The van der Waals surface area contributed by atoms with Gasteiger partial charge in [-0.2, -0.15) is 5.26 Å². The number of nitriles is 1. The molecule has 3 aromatic rings. The predicted molar refractivity (Wildman–Crippen MR) is 119 cm³/mol. The second-order valence-corrected chi connectivity index (χ2v) is 8.17. The zero-order valence-electron chi connectivity index (χ0n) is 18.2. The second kappa shape index (κ2) is 9.31. The molecule has 0 radical (unpaired) electrons. The van der Waals surface area contributed by atoms with Crippen LogP contribution in [0.15, 0.2) is 48.5 Å². The van der Waals surface area contributed by atoms with E-state index in [4.69, 9.17) is 0 Å². The summed E-state index contributed by atoms with van der Waals surface area (Å²) in [6, 6.07) is 13.2. The molecule has 1 fully saturated rings. The summed E-state index contributed by atoms with van der Waals surface area (Å²) in [6.07, 6.45) is 0.186. The minimum Gasteiger partial charge on any atom is -0.350 e. The number of aromatic amines is 1. The molecule has 1 aromatic heterocycles. The maximum absolute atomic E-state index is 14.0. The summed E-state index contributed by atoms with van der Waals surface area (Å²) in [5.41, 5.74) is 0.732. The highest BCUT2D eigenvalue weighted by Gasteiger charge is 2.39. The van der Waals surface area contributed by atoms with Crippen LogP contribution < -0.4 is 5.32 Å². The van der Waals surface area contributed by atoms with Crippen LogP contribution in [-0.2, 0) is 9.59 Å². The van der Waals surface area contributed by atoms with Gasteiger partial charge in [0.15, 0.2) is 0 Å². The highest BCUT2D eigenvalue weighted by Crippen LogP contribution is 2.25. The molecule has 0 spiro atoms. The van der Waals surface area contributed by atoms with Gasteiger partial charge in [0.25, 0.3) is 5.91 Å². The number of hydrogen-bond donors (Lipinski definition) is 2. The molecule has 8 nitrogen and oxygen atoms in total. The van der Waals surface area contributed by atoms with Crippen LogP contribution in [0.4, 0.5) is 14.5 Å². The third-order valence-electron chi connectivity index (χ3n) is 5.78. The van der Waals surface area contributed by atoms with Gasteiger partial charge in [0.05, 0.1) is 24.0 Å². The van der Waals surface area contributed by atoms with Gasteiger partial charge in [0, 0.05) is 30.7 Å². The molecule has 2 aromatic carbocycles. The third kappa shape index (κ3) is 4.59. The van der Waals surface area contributed by atoms with Gasteiger partial charge in [-0.1, -0.05) is 18.2 Å². The Labute approximate surface area is 193 Å². The fraction of sp³-hybridized carbons (Fsp3) is 0.250. The number of H-pyrrole nitrogens is 1. The molecule has 2 heterocycles. The lowest BCUT2D eigenvalue weighted by molar-refractivity contribution is -0.131. The van der Waals surface area contributed by atoms with Gasteiger partial charge in [0.1, 0.15) is 23.4 Å². The van der Waals surface area contributed by atoms with Gasteiger partial charge in [-0.05, 0) is 30.7 Å². The Kier molecular flexibility index (Phi) is 6.27. The van der Waals surface area contributed by atoms with Crippen molar-refractivity contribution in [2.24, 2.45) is 5.92 Å². The third-order valence-corrected chi connectivity index (χ3v) is 5.78. The van der Waals surface area contributed by atoms with E-state index in [1.165, 1.54) is 18.0 Å². The van der Waals surface area contributed by atoms with Crippen molar-refractivity contribution in [3.8, 4) is 6.07 Å². The molecule has 0 bridgehead atoms. The number of nitrogens with zero attached hydrogens (tertiary/aromatic N) is 3. The first-order chi connectivity index (χ1) is 16.3. The normalized spacial score (nSPS) is 17.4. The maximum Gasteiger partial charge on any atom is 0.270 e. The largest absolute Gasteiger partial charge is 0.350 e. The van der Waals surface area contributed by atoms with Crippen molar-refractivity contribution in [1.29, 1.82) is 5.26 Å². The van der Waals surface area contributed by atoms with Crippen molar-refractivity contribution >= 4 is 34.3 Å². The van der Waals surface area contributed by atoms with Crippen molar-refractivity contribution in [2.45, 2.75) is 12.5 Å². The Hall–Kier alpha value is -4.26. The van der Waals surface area contributed by atoms with Crippen LogP contribution in [0.1, 0.15) is 16.9 Å². The van der Waals surface area contributed by atoms with Crippen LogP contribution in [0.5, 0.6) is 0 Å². The van der Waals surface area contributed by atoms with Crippen molar-refractivity contribution in [1.82, 2.24) is 14.8 Å². The highest BCUT2D eigenvalue weighted by atomic mass is 19.1. The van der Waals surface area contributed by atoms with Crippen molar-refractivity contribution < 1.29 is 23.2 Å². The molecule has 2 N–H and O–H groups in total. The Balaban J connectivity index is 1.42. The number of carbonyl (C=O) groups is 3. The van der Waals surface area contributed by atoms with Crippen LogP contribution >= 0.6 is 0 Å². The molecule has 10 heteroatoms. The van der Waals surface area contributed by atoms with Gasteiger partial charge in [0.2, 0.25) is 11.8 Å². The SMILES string of the molecule is CN(CC(=O)N1CC(C(=O)Nc2ccccc2)CC1C#N)C(=O)c1cc2c(F)cc(F)cc2[nH]1. The van der Waals surface area contributed by atoms with Gasteiger partial charge in [-0.3, -0.25) is 14.4 Å². The number of likely N-dealkylation sites (tertiary alicyclic amines) is 1. The second-order valence-electron chi connectivity index (χ2n) is 8.17. The lowest BCUT2D eigenvalue weighted by Gasteiger charge is -2.23. The number of hydrogen-bond acceptors (Lipinski definition) is 4. The summed E-state index contributed by atoms with van der Waals surface area (Å²) in [7, 11) is 1.39. The van der Waals surface area contributed by atoms with E-state index in [1.807, 2.05) is 12.1 Å². The number of aromatic nitrogens is 1. The lowest BCUT2D eigenvalue weighted by Crippen LogP contribution is -2.43. The number of carbonyl (C=O) groups excluding carboxylic acids is 3. The monoisotopic (exact) mass is 465 g/mol. The molecule has 2 atom stereocenters. The van der Waals surface area contributed by atoms with Gasteiger partial charge in [-0.15, -0.1) is 0 Å². The van der Waals surface area contributed by atoms with Crippen molar-refractivity contribution in [2.75, 3.05) is 25.5 Å². The first-order valence-corrected chi connectivity index (χ1v) is 10.5. The minimum absolute atomic E-state index is 0.00632. The molecule has 1 aliphatic heterocycles. The number of benzene rings is 2. The van der Waals surface area contributed by atoms with E-state index in [2.05, 4.69) is 10.3 Å². The molecule has 3 amide bonds. The van der Waals surface area contributed by atoms with E-state index in [1.54, 1.807) is 24.3 Å². The Bertz CT molecular complexity index is 1300. The fourth-order valence-electron chi connectivity index (χ4n) is 4.04. The summed E-state index contributed by atoms with van der Waals surface area (Å²) < 4.78 is 27.4. The first kappa shape index (κ1) is 22.9. The van der Waals surface area contributed by atoms with Crippen LogP contribution in [0.25, 0.3) is 10.9 Å². The van der Waals surface area contributed by atoms with E-state index < -0.39 is 35.4 Å². The number of likely N-dealkylation sites (N-methyl/N-ethyl adjacent to an activating group) is 1. The number of rotatable bonds is 5. The average Bonchev–Trinajstić information content (AvgIpc) is 3.44. The zero-order chi connectivity index (χ0) is 24.4. The molecule has 174 valence electrons. The zero-order valence-corrected chi connectivity index (χ0v) is 18.2. The molecule has 34 heavy (non-hydrogen) atoms. The molecule has 4 rings (SSSR count). The lowest BCUT2D eigenvalue weighted by atomic mass is 10.1. The molecule has 0 saturated carbocycles. The summed E-state index contributed by atoms with van der Waals surface area (Å²) in [5, 5.41) is 12.3. The Morgan fingerprint density at radius 1 is 1.21 bits per heavy atom. The van der Waals surface area contributed by atoms with Crippen LogP contribution in [0.2, 0.25) is 0 Å².